The molecule has 3 heterocycles. The SMILES string of the molecule is CC(=O)CCCCC1CCC(n2cc(NC(=O)c3c(N)nn4cccnc34)c(-c3cc(Cl)ccc3OC(F)F)n2)CC1. The number of amides is 1. The highest BCUT2D eigenvalue weighted by Gasteiger charge is 2.27. The number of aromatic nitrogens is 5. The molecule has 0 bridgehead atoms. The van der Waals surface area contributed by atoms with Crippen molar-refractivity contribution in [3.8, 4) is 17.0 Å². The molecule has 42 heavy (non-hydrogen) atoms. The van der Waals surface area contributed by atoms with Gasteiger partial charge in [0.25, 0.3) is 5.91 Å². The van der Waals surface area contributed by atoms with Gasteiger partial charge >= 0.3 is 6.61 Å². The zero-order valence-corrected chi connectivity index (χ0v) is 23.9. The zero-order valence-electron chi connectivity index (χ0n) is 23.1. The number of fused-ring (bicyclic) bond motifs is 1. The molecule has 0 saturated heterocycles. The van der Waals surface area contributed by atoms with Gasteiger partial charge in [-0.25, -0.2) is 9.50 Å². The summed E-state index contributed by atoms with van der Waals surface area (Å²) in [4.78, 5) is 29.0. The highest BCUT2D eigenvalue weighted by Crippen LogP contribution is 2.40. The fraction of sp³-hybridized carbons (Fsp3) is 0.414. The van der Waals surface area contributed by atoms with Gasteiger partial charge < -0.3 is 20.6 Å². The fourth-order valence-electron chi connectivity index (χ4n) is 5.57. The predicted octanol–water partition coefficient (Wildman–Crippen LogP) is 6.56. The molecule has 10 nitrogen and oxygen atoms in total. The molecule has 4 aromatic rings. The van der Waals surface area contributed by atoms with Crippen molar-refractivity contribution < 1.29 is 23.1 Å². The number of hydrogen-bond donors (Lipinski definition) is 2. The summed E-state index contributed by atoms with van der Waals surface area (Å²) in [5, 5.41) is 12.1. The maximum atomic E-state index is 13.5. The second-order valence-electron chi connectivity index (χ2n) is 10.6. The second kappa shape index (κ2) is 12.8. The lowest BCUT2D eigenvalue weighted by atomic mass is 9.83. The molecule has 3 aromatic heterocycles. The molecule has 13 heteroatoms. The van der Waals surface area contributed by atoms with Gasteiger partial charge in [-0.15, -0.1) is 5.10 Å². The molecular weight excluding hydrogens is 568 g/mol. The van der Waals surface area contributed by atoms with Gasteiger partial charge in [-0.3, -0.25) is 9.48 Å². The molecule has 0 aliphatic heterocycles. The van der Waals surface area contributed by atoms with Crippen LogP contribution in [0.1, 0.15) is 74.7 Å². The number of benzene rings is 1. The summed E-state index contributed by atoms with van der Waals surface area (Å²) in [7, 11) is 0. The van der Waals surface area contributed by atoms with Gasteiger partial charge in [0.05, 0.1) is 11.7 Å². The third kappa shape index (κ3) is 6.70. The Morgan fingerprint density at radius 3 is 2.71 bits per heavy atom. The van der Waals surface area contributed by atoms with Gasteiger partial charge in [0.1, 0.15) is 22.8 Å². The summed E-state index contributed by atoms with van der Waals surface area (Å²) in [6, 6.07) is 5.98. The summed E-state index contributed by atoms with van der Waals surface area (Å²) in [5.41, 5.74) is 7.13. The molecule has 0 radical (unpaired) electrons. The molecule has 1 aromatic carbocycles. The minimum absolute atomic E-state index is 0.00811. The number of unbranched alkanes of at least 4 members (excludes halogenated alkanes) is 1. The van der Waals surface area contributed by atoms with E-state index in [1.54, 1.807) is 30.1 Å². The van der Waals surface area contributed by atoms with Crippen LogP contribution < -0.4 is 15.8 Å². The largest absolute Gasteiger partial charge is 0.434 e. The van der Waals surface area contributed by atoms with Crippen molar-refractivity contribution in [1.29, 1.82) is 0 Å². The number of halogens is 3. The van der Waals surface area contributed by atoms with Crippen LogP contribution in [-0.4, -0.2) is 42.7 Å². The van der Waals surface area contributed by atoms with Crippen molar-refractivity contribution in [2.75, 3.05) is 11.1 Å². The molecule has 1 aliphatic rings. The van der Waals surface area contributed by atoms with Gasteiger partial charge in [0.15, 0.2) is 11.5 Å². The average molecular weight is 600 g/mol. The Kier molecular flexibility index (Phi) is 9.00. The van der Waals surface area contributed by atoms with Crippen molar-refractivity contribution in [2.24, 2.45) is 5.92 Å². The van der Waals surface area contributed by atoms with Gasteiger partial charge in [0, 0.05) is 35.6 Å². The molecule has 1 aliphatic carbocycles. The molecular formula is C29H32ClF2N7O3. The number of ether oxygens (including phenoxy) is 1. The normalized spacial score (nSPS) is 17.1. The number of nitrogens with two attached hydrogens (primary N) is 1. The summed E-state index contributed by atoms with van der Waals surface area (Å²) in [6.45, 7) is -1.45. The standard InChI is InChI=1S/C29H32ClF2N7O3/c1-17(40)5-2-3-6-18-7-10-20(11-8-18)39-16-22(25(36-39)21-15-19(30)9-12-23(21)42-29(31)32)35-28(41)24-26(33)37-38-14-4-13-34-27(24)38/h4,9,12-16,18,20,29H,2-3,5-8,10-11H2,1H3,(H2,33,37)(H,35,41). The van der Waals surface area contributed by atoms with Crippen LogP contribution in [0.3, 0.4) is 0 Å². The molecule has 3 N–H and O–H groups in total. The Labute approximate surface area is 246 Å². The average Bonchev–Trinajstić information content (AvgIpc) is 3.52. The molecule has 222 valence electrons. The Morgan fingerprint density at radius 2 is 1.98 bits per heavy atom. The van der Waals surface area contributed by atoms with Gasteiger partial charge in [-0.1, -0.05) is 24.4 Å². The number of alkyl halides is 2. The molecule has 1 saturated carbocycles. The highest BCUT2D eigenvalue weighted by atomic mass is 35.5. The van der Waals surface area contributed by atoms with E-state index in [1.807, 2.05) is 0 Å². The van der Waals surface area contributed by atoms with E-state index in [4.69, 9.17) is 27.2 Å². The van der Waals surface area contributed by atoms with E-state index in [2.05, 4.69) is 15.4 Å². The van der Waals surface area contributed by atoms with Gasteiger partial charge in [-0.2, -0.15) is 13.9 Å². The van der Waals surface area contributed by atoms with Gasteiger partial charge in [0.2, 0.25) is 0 Å². The summed E-state index contributed by atoms with van der Waals surface area (Å²) < 4.78 is 34.5. The van der Waals surface area contributed by atoms with Crippen LogP contribution in [-0.2, 0) is 4.79 Å². The van der Waals surface area contributed by atoms with E-state index in [0.29, 0.717) is 17.4 Å². The number of anilines is 2. The van der Waals surface area contributed by atoms with E-state index in [9.17, 15) is 18.4 Å². The lowest BCUT2D eigenvalue weighted by Crippen LogP contribution is -2.19. The number of rotatable bonds is 11. The summed E-state index contributed by atoms with van der Waals surface area (Å²) in [5.74, 6) is 0.0911. The van der Waals surface area contributed by atoms with E-state index >= 15 is 0 Å². The van der Waals surface area contributed by atoms with E-state index < -0.39 is 12.5 Å². The third-order valence-corrected chi connectivity index (χ3v) is 7.86. The predicted molar refractivity (Wildman–Crippen MR) is 155 cm³/mol. The topological polar surface area (TPSA) is 129 Å². The number of carbonyl (C=O) groups is 2. The molecule has 1 amide bonds. The Hall–Kier alpha value is -4.06. The van der Waals surface area contributed by atoms with Crippen LogP contribution in [0.5, 0.6) is 5.75 Å². The number of ketones is 1. The van der Waals surface area contributed by atoms with Crippen LogP contribution in [0.4, 0.5) is 20.3 Å². The quantitative estimate of drug-likeness (QED) is 0.187. The summed E-state index contributed by atoms with van der Waals surface area (Å²) >= 11 is 6.25. The minimum atomic E-state index is -3.07. The lowest BCUT2D eigenvalue weighted by molar-refractivity contribution is -0.117. The first-order valence-corrected chi connectivity index (χ1v) is 14.3. The smallest absolute Gasteiger partial charge is 0.387 e. The molecule has 0 unspecified atom stereocenters. The number of hydrogen-bond acceptors (Lipinski definition) is 7. The monoisotopic (exact) mass is 599 g/mol. The van der Waals surface area contributed by atoms with Gasteiger partial charge in [-0.05, 0) is 69.2 Å². The first-order valence-electron chi connectivity index (χ1n) is 13.9. The second-order valence-corrected chi connectivity index (χ2v) is 11.1. The number of nitrogens with one attached hydrogen (secondary N) is 1. The number of nitrogen functional groups attached to an aromatic ring is 1. The van der Waals surface area contributed by atoms with Crippen LogP contribution in [0.2, 0.25) is 5.02 Å². The van der Waals surface area contributed by atoms with E-state index in [0.717, 1.165) is 44.9 Å². The number of Topliss-reactive ketones (excluding diaryl/α,β-unsaturated/α-hetero) is 1. The number of carbonyl (C=O) groups excluding carboxylic acids is 2. The Bertz CT molecular complexity index is 1580. The van der Waals surface area contributed by atoms with Crippen molar-refractivity contribution in [3.05, 3.63) is 53.4 Å². The van der Waals surface area contributed by atoms with Crippen LogP contribution >= 0.6 is 11.6 Å². The van der Waals surface area contributed by atoms with Crippen molar-refractivity contribution in [2.45, 2.75) is 70.9 Å². The van der Waals surface area contributed by atoms with Crippen molar-refractivity contribution in [1.82, 2.24) is 24.4 Å². The van der Waals surface area contributed by atoms with E-state index in [1.165, 1.54) is 28.9 Å². The number of nitrogens with zero attached hydrogens (tertiary/aromatic N) is 5. The first kappa shape index (κ1) is 29.4. The maximum absolute atomic E-state index is 13.5. The highest BCUT2D eigenvalue weighted by molar-refractivity contribution is 6.31. The van der Waals surface area contributed by atoms with Crippen LogP contribution in [0, 0.1) is 5.92 Å². The van der Waals surface area contributed by atoms with Crippen molar-refractivity contribution >= 4 is 40.4 Å². The Balaban J connectivity index is 1.43. The first-order chi connectivity index (χ1) is 20.2. The zero-order chi connectivity index (χ0) is 29.8. The molecule has 5 rings (SSSR count). The molecule has 0 spiro atoms. The fourth-order valence-corrected chi connectivity index (χ4v) is 5.74. The molecule has 1 fully saturated rings. The maximum Gasteiger partial charge on any atom is 0.387 e. The van der Waals surface area contributed by atoms with E-state index in [-0.39, 0.29) is 51.5 Å². The van der Waals surface area contributed by atoms with Crippen LogP contribution in [0.15, 0.2) is 42.9 Å². The third-order valence-electron chi connectivity index (χ3n) is 7.62. The van der Waals surface area contributed by atoms with Crippen molar-refractivity contribution in [3.63, 3.8) is 0 Å². The Morgan fingerprint density at radius 1 is 1.19 bits per heavy atom. The molecule has 0 atom stereocenters. The lowest BCUT2D eigenvalue weighted by Gasteiger charge is -2.28. The van der Waals surface area contributed by atoms with Crippen LogP contribution in [0.25, 0.3) is 16.9 Å². The minimum Gasteiger partial charge on any atom is -0.434 e. The summed E-state index contributed by atoms with van der Waals surface area (Å²) in [6.07, 6.45) is 12.2.